The number of para-hydroxylation sites is 3. The van der Waals surface area contributed by atoms with Gasteiger partial charge in [0.1, 0.15) is 16.7 Å². The Balaban J connectivity index is 1.58. The van der Waals surface area contributed by atoms with E-state index < -0.39 is 0 Å². The average Bonchev–Trinajstić information content (AvgIpc) is 3.25. The smallest absolute Gasteiger partial charge is 0.186 e. The molecular formula is C21H18N4OS2. The first kappa shape index (κ1) is 18.7. The van der Waals surface area contributed by atoms with Crippen molar-refractivity contribution in [2.75, 3.05) is 17.7 Å². The Bertz CT molecular complexity index is 1140. The quantitative estimate of drug-likeness (QED) is 0.348. The SMILES string of the molecule is CCn1c(SCC(=O)C(C#N)=C2Sc3ccccc3N2C)nc2ccccc21. The number of carbonyl (C=O) groups excluding carboxylic acids is 1. The normalized spacial score (nSPS) is 14.8. The number of carbonyl (C=O) groups is 1. The first-order valence-corrected chi connectivity index (χ1v) is 10.7. The Hall–Kier alpha value is -2.69. The first-order chi connectivity index (χ1) is 13.6. The van der Waals surface area contributed by atoms with Gasteiger partial charge in [0.05, 0.1) is 22.5 Å². The summed E-state index contributed by atoms with van der Waals surface area (Å²) < 4.78 is 2.10. The molecule has 4 rings (SSSR count). The highest BCUT2D eigenvalue weighted by Gasteiger charge is 2.28. The monoisotopic (exact) mass is 406 g/mol. The van der Waals surface area contributed by atoms with Gasteiger partial charge in [-0.05, 0) is 31.2 Å². The summed E-state index contributed by atoms with van der Waals surface area (Å²) in [7, 11) is 1.89. The fraction of sp³-hybridized carbons (Fsp3) is 0.190. The lowest BCUT2D eigenvalue weighted by Gasteiger charge is -2.14. The van der Waals surface area contributed by atoms with Gasteiger partial charge in [-0.3, -0.25) is 4.79 Å². The molecule has 0 amide bonds. The molecule has 2 heterocycles. The highest BCUT2D eigenvalue weighted by atomic mass is 32.2. The molecular weight excluding hydrogens is 388 g/mol. The van der Waals surface area contributed by atoms with E-state index >= 15 is 0 Å². The topological polar surface area (TPSA) is 61.9 Å². The van der Waals surface area contributed by atoms with Gasteiger partial charge in [0.25, 0.3) is 0 Å². The van der Waals surface area contributed by atoms with Gasteiger partial charge in [-0.15, -0.1) is 0 Å². The van der Waals surface area contributed by atoms with E-state index in [1.54, 1.807) is 0 Å². The minimum absolute atomic E-state index is 0.177. The number of rotatable bonds is 5. The lowest BCUT2D eigenvalue weighted by Crippen LogP contribution is -2.16. The van der Waals surface area contributed by atoms with E-state index in [-0.39, 0.29) is 17.1 Å². The molecule has 1 aromatic heterocycles. The van der Waals surface area contributed by atoms with E-state index in [9.17, 15) is 10.1 Å². The second-order valence-corrected chi connectivity index (χ2v) is 8.23. The Morgan fingerprint density at radius 2 is 1.96 bits per heavy atom. The van der Waals surface area contributed by atoms with Crippen LogP contribution in [0.25, 0.3) is 11.0 Å². The van der Waals surface area contributed by atoms with Gasteiger partial charge in [0.15, 0.2) is 10.9 Å². The third-order valence-electron chi connectivity index (χ3n) is 4.61. The maximum atomic E-state index is 12.9. The van der Waals surface area contributed by atoms with Crippen molar-refractivity contribution < 1.29 is 4.79 Å². The summed E-state index contributed by atoms with van der Waals surface area (Å²) in [6.07, 6.45) is 0. The standard InChI is InChI=1S/C21H18N4OS2/c1-3-25-16-9-5-4-8-15(16)23-21(25)27-13-18(26)14(12-22)20-24(2)17-10-6-7-11-19(17)28-20/h4-11H,3,13H2,1-2H3. The summed E-state index contributed by atoms with van der Waals surface area (Å²) in [6, 6.07) is 18.0. The highest BCUT2D eigenvalue weighted by molar-refractivity contribution is 8.03. The third kappa shape index (κ3) is 3.19. The number of anilines is 1. The fourth-order valence-electron chi connectivity index (χ4n) is 3.22. The van der Waals surface area contributed by atoms with Crippen LogP contribution in [-0.4, -0.2) is 28.1 Å². The molecule has 3 aromatic rings. The fourth-order valence-corrected chi connectivity index (χ4v) is 5.33. The molecule has 0 saturated heterocycles. The number of aromatic nitrogens is 2. The number of nitrogens with zero attached hydrogens (tertiary/aromatic N) is 4. The van der Waals surface area contributed by atoms with Crippen molar-refractivity contribution in [1.29, 1.82) is 5.26 Å². The largest absolute Gasteiger partial charge is 0.337 e. The van der Waals surface area contributed by atoms with Crippen LogP contribution in [0.15, 0.2) is 69.2 Å². The maximum absolute atomic E-state index is 12.9. The van der Waals surface area contributed by atoms with Gasteiger partial charge in [-0.1, -0.05) is 47.8 Å². The van der Waals surface area contributed by atoms with Gasteiger partial charge in [-0.2, -0.15) is 5.26 Å². The van der Waals surface area contributed by atoms with Gasteiger partial charge in [0, 0.05) is 18.5 Å². The predicted octanol–water partition coefficient (Wildman–Crippen LogP) is 4.69. The molecule has 5 nitrogen and oxygen atoms in total. The number of ketones is 1. The van der Waals surface area contributed by atoms with Crippen molar-refractivity contribution in [2.45, 2.75) is 23.5 Å². The number of thioether (sulfide) groups is 2. The molecule has 1 aliphatic heterocycles. The van der Waals surface area contributed by atoms with Crippen LogP contribution in [-0.2, 0) is 11.3 Å². The number of aryl methyl sites for hydroxylation is 1. The summed E-state index contributed by atoms with van der Waals surface area (Å²) >= 11 is 2.85. The molecule has 0 saturated carbocycles. The molecule has 28 heavy (non-hydrogen) atoms. The molecule has 0 unspecified atom stereocenters. The molecule has 0 N–H and O–H groups in total. The highest BCUT2D eigenvalue weighted by Crippen LogP contribution is 2.46. The van der Waals surface area contributed by atoms with Crippen molar-refractivity contribution in [1.82, 2.24) is 9.55 Å². The van der Waals surface area contributed by atoms with Crippen LogP contribution in [0.2, 0.25) is 0 Å². The molecule has 0 radical (unpaired) electrons. The van der Waals surface area contributed by atoms with Crippen molar-refractivity contribution in [2.24, 2.45) is 0 Å². The zero-order valence-electron chi connectivity index (χ0n) is 15.5. The average molecular weight is 407 g/mol. The minimum Gasteiger partial charge on any atom is -0.337 e. The van der Waals surface area contributed by atoms with Crippen molar-refractivity contribution >= 4 is 46.0 Å². The van der Waals surface area contributed by atoms with E-state index in [1.165, 1.54) is 23.5 Å². The summed E-state index contributed by atoms with van der Waals surface area (Å²) in [5.74, 6) is 0.00450. The predicted molar refractivity (Wildman–Crippen MR) is 114 cm³/mol. The Morgan fingerprint density at radius 3 is 2.71 bits per heavy atom. The molecule has 0 spiro atoms. The van der Waals surface area contributed by atoms with Gasteiger partial charge < -0.3 is 9.47 Å². The Labute approximate surface area is 172 Å². The summed E-state index contributed by atoms with van der Waals surface area (Å²) in [5.41, 5.74) is 3.19. The maximum Gasteiger partial charge on any atom is 0.186 e. The second-order valence-electron chi connectivity index (χ2n) is 6.26. The number of fused-ring (bicyclic) bond motifs is 2. The first-order valence-electron chi connectivity index (χ1n) is 8.90. The van der Waals surface area contributed by atoms with E-state index in [4.69, 9.17) is 0 Å². The summed E-state index contributed by atoms with van der Waals surface area (Å²) in [5, 5.41) is 11.2. The third-order valence-corrected chi connectivity index (χ3v) is 6.82. The van der Waals surface area contributed by atoms with Crippen LogP contribution in [0.1, 0.15) is 6.92 Å². The minimum atomic E-state index is -0.177. The number of allylic oxidation sites excluding steroid dienone is 1. The van der Waals surface area contributed by atoms with Crippen LogP contribution >= 0.6 is 23.5 Å². The molecule has 0 bridgehead atoms. The molecule has 0 aliphatic carbocycles. The lowest BCUT2D eigenvalue weighted by molar-refractivity contribution is -0.112. The molecule has 0 fully saturated rings. The molecule has 2 aromatic carbocycles. The summed E-state index contributed by atoms with van der Waals surface area (Å²) in [4.78, 5) is 20.5. The number of hydrogen-bond acceptors (Lipinski definition) is 6. The van der Waals surface area contributed by atoms with E-state index in [1.807, 2.05) is 60.5 Å². The molecule has 140 valence electrons. The van der Waals surface area contributed by atoms with Crippen molar-refractivity contribution in [3.8, 4) is 6.07 Å². The zero-order chi connectivity index (χ0) is 19.7. The number of imidazole rings is 1. The lowest BCUT2D eigenvalue weighted by atomic mass is 10.2. The van der Waals surface area contributed by atoms with Crippen molar-refractivity contribution in [3.63, 3.8) is 0 Å². The molecule has 0 atom stereocenters. The van der Waals surface area contributed by atoms with Gasteiger partial charge in [0.2, 0.25) is 0 Å². The molecule has 1 aliphatic rings. The van der Waals surface area contributed by atoms with Crippen LogP contribution in [0.5, 0.6) is 0 Å². The van der Waals surface area contributed by atoms with Crippen molar-refractivity contribution in [3.05, 3.63) is 59.1 Å². The molecule has 7 heteroatoms. The Kier molecular flexibility index (Phi) is 5.16. The van der Waals surface area contributed by atoms with E-state index in [0.29, 0.717) is 5.03 Å². The van der Waals surface area contributed by atoms with Crippen LogP contribution < -0.4 is 4.90 Å². The number of hydrogen-bond donors (Lipinski definition) is 0. The number of nitriles is 1. The zero-order valence-corrected chi connectivity index (χ0v) is 17.2. The van der Waals surface area contributed by atoms with Crippen LogP contribution in [0, 0.1) is 11.3 Å². The van der Waals surface area contributed by atoms with Gasteiger partial charge >= 0.3 is 0 Å². The van der Waals surface area contributed by atoms with Crippen LogP contribution in [0.4, 0.5) is 5.69 Å². The van der Waals surface area contributed by atoms with E-state index in [0.717, 1.165) is 33.3 Å². The Morgan fingerprint density at radius 1 is 1.21 bits per heavy atom. The summed E-state index contributed by atoms with van der Waals surface area (Å²) in [6.45, 7) is 2.83. The number of benzene rings is 2. The second kappa shape index (κ2) is 7.74. The van der Waals surface area contributed by atoms with Crippen LogP contribution in [0.3, 0.4) is 0 Å². The van der Waals surface area contributed by atoms with Gasteiger partial charge in [-0.25, -0.2) is 4.98 Å². The number of Topliss-reactive ketones (excluding diaryl/α,β-unsaturated/α-hetero) is 1. The van der Waals surface area contributed by atoms with E-state index in [2.05, 4.69) is 22.5 Å².